The second kappa shape index (κ2) is 22.2. The Morgan fingerprint density at radius 1 is 0.417 bits per heavy atom. The van der Waals surface area contributed by atoms with Crippen LogP contribution in [0.4, 0.5) is 0 Å². The van der Waals surface area contributed by atoms with Gasteiger partial charge < -0.3 is 8.23 Å². The molecule has 36 heavy (non-hydrogen) atoms. The Morgan fingerprint density at radius 3 is 0.917 bits per heavy atom. The Balaban J connectivity index is 3.48. The topological polar surface area (TPSA) is 18.5 Å². The van der Waals surface area contributed by atoms with Gasteiger partial charge >= 0.3 is 8.56 Å². The van der Waals surface area contributed by atoms with E-state index in [2.05, 4.69) is 58.5 Å². The first-order valence-electron chi connectivity index (χ1n) is 16.0. The lowest BCUT2D eigenvalue weighted by molar-refractivity contribution is 0.380. The van der Waals surface area contributed by atoms with E-state index in [0.29, 0.717) is 0 Å². The van der Waals surface area contributed by atoms with E-state index in [0.717, 1.165) is 0 Å². The second-order valence-electron chi connectivity index (χ2n) is 13.5. The number of hydrogen-bond acceptors (Lipinski definition) is 2. The van der Waals surface area contributed by atoms with Gasteiger partial charge in [-0.2, -0.15) is 0 Å². The van der Waals surface area contributed by atoms with Crippen LogP contribution in [0.2, 0.25) is 51.9 Å². The van der Waals surface area contributed by atoms with Gasteiger partial charge in [0.2, 0.25) is 0 Å². The van der Waals surface area contributed by atoms with Gasteiger partial charge in [-0.1, -0.05) is 128 Å². The fraction of sp³-hybridized carbons (Fsp3) is 0.935. The predicted molar refractivity (Wildman–Crippen MR) is 172 cm³/mol. The zero-order valence-corrected chi connectivity index (χ0v) is 29.2. The van der Waals surface area contributed by atoms with E-state index < -0.39 is 25.2 Å². The summed E-state index contributed by atoms with van der Waals surface area (Å²) >= 11 is 0. The van der Waals surface area contributed by atoms with Gasteiger partial charge in [0.25, 0.3) is 0 Å². The molecule has 0 aromatic carbocycles. The van der Waals surface area contributed by atoms with Crippen LogP contribution in [0.15, 0.2) is 12.7 Å². The average molecular weight is 557 g/mol. The number of rotatable bonds is 27. The van der Waals surface area contributed by atoms with Crippen LogP contribution in [0.25, 0.3) is 0 Å². The summed E-state index contributed by atoms with van der Waals surface area (Å²) in [6.45, 7) is 20.0. The van der Waals surface area contributed by atoms with Crippen molar-refractivity contribution in [2.75, 3.05) is 0 Å². The minimum Gasteiger partial charge on any atom is -0.437 e. The van der Waals surface area contributed by atoms with Crippen LogP contribution < -0.4 is 0 Å². The molecule has 0 heterocycles. The first-order valence-corrected chi connectivity index (χ1v) is 25.3. The van der Waals surface area contributed by atoms with Gasteiger partial charge in [-0.25, -0.2) is 0 Å². The lowest BCUT2D eigenvalue weighted by Crippen LogP contribution is -2.52. The Morgan fingerprint density at radius 2 is 0.667 bits per heavy atom. The zero-order chi connectivity index (χ0) is 27.2. The summed E-state index contributed by atoms with van der Waals surface area (Å²) in [5.74, 6) is 0. The van der Waals surface area contributed by atoms with Crippen LogP contribution in [-0.4, -0.2) is 25.2 Å². The molecular weight excluding hydrogens is 489 g/mol. The molecule has 0 aliphatic rings. The lowest BCUT2D eigenvalue weighted by atomic mass is 10.0. The van der Waals surface area contributed by atoms with Crippen LogP contribution in [-0.2, 0) is 8.23 Å². The highest BCUT2D eigenvalue weighted by Gasteiger charge is 2.39. The Kier molecular flexibility index (Phi) is 22.4. The van der Waals surface area contributed by atoms with Crippen LogP contribution in [0.5, 0.6) is 0 Å². The molecule has 0 aliphatic heterocycles. The first kappa shape index (κ1) is 36.3. The molecular formula is C31H68O2Si3. The summed E-state index contributed by atoms with van der Waals surface area (Å²) in [5.41, 5.74) is 0. The lowest BCUT2D eigenvalue weighted by Gasteiger charge is -2.38. The third kappa shape index (κ3) is 27.3. The molecule has 0 amide bonds. The number of unbranched alkanes of at least 4 members (excludes halogenated alkanes) is 20. The maximum Gasteiger partial charge on any atom is 0.314 e. The highest BCUT2D eigenvalue weighted by atomic mass is 28.5. The SMILES string of the molecule is C=CCCCCCCCCCCCCCCCCCCCCCC[Si](C)(O[Si](C)(C)C)O[Si](C)(C)C. The molecule has 0 atom stereocenters. The van der Waals surface area contributed by atoms with Crippen molar-refractivity contribution in [2.45, 2.75) is 187 Å². The molecule has 0 bridgehead atoms. The number of allylic oxidation sites excluding steroid dienone is 1. The maximum atomic E-state index is 6.64. The van der Waals surface area contributed by atoms with Crippen LogP contribution in [0.1, 0.15) is 135 Å². The molecule has 0 fully saturated rings. The summed E-state index contributed by atoms with van der Waals surface area (Å²) in [6.07, 6.45) is 31.8. The molecule has 0 N–H and O–H groups in total. The largest absolute Gasteiger partial charge is 0.437 e. The third-order valence-corrected chi connectivity index (χ3v) is 16.4. The van der Waals surface area contributed by atoms with Crippen molar-refractivity contribution in [1.29, 1.82) is 0 Å². The predicted octanol–water partition coefficient (Wildman–Crippen LogP) is 12.1. The number of hydrogen-bond donors (Lipinski definition) is 0. The van der Waals surface area contributed by atoms with Crippen molar-refractivity contribution >= 4 is 25.2 Å². The van der Waals surface area contributed by atoms with Gasteiger partial charge in [0.15, 0.2) is 16.6 Å². The average Bonchev–Trinajstić information content (AvgIpc) is 2.74. The summed E-state index contributed by atoms with van der Waals surface area (Å²) in [7, 11) is -5.12. The molecule has 0 aliphatic carbocycles. The molecule has 0 aromatic rings. The highest BCUT2D eigenvalue weighted by Crippen LogP contribution is 2.26. The highest BCUT2D eigenvalue weighted by molar-refractivity contribution is 6.87. The fourth-order valence-electron chi connectivity index (χ4n) is 5.34. The van der Waals surface area contributed by atoms with E-state index in [9.17, 15) is 0 Å². The molecule has 0 saturated carbocycles. The first-order chi connectivity index (χ1) is 17.0. The smallest absolute Gasteiger partial charge is 0.314 e. The van der Waals surface area contributed by atoms with E-state index in [-0.39, 0.29) is 0 Å². The molecule has 0 aromatic heterocycles. The van der Waals surface area contributed by atoms with Crippen molar-refractivity contribution in [3.8, 4) is 0 Å². The molecule has 2 nitrogen and oxygen atoms in total. The molecule has 0 radical (unpaired) electrons. The monoisotopic (exact) mass is 556 g/mol. The minimum absolute atomic E-state index is 1.18. The van der Waals surface area contributed by atoms with E-state index in [1.54, 1.807) is 0 Å². The summed E-state index contributed by atoms with van der Waals surface area (Å²) < 4.78 is 13.3. The third-order valence-electron chi connectivity index (χ3n) is 6.83. The summed E-state index contributed by atoms with van der Waals surface area (Å²) in [4.78, 5) is 0. The van der Waals surface area contributed by atoms with Crippen LogP contribution in [0.3, 0.4) is 0 Å². The van der Waals surface area contributed by atoms with Gasteiger partial charge in [0.1, 0.15) is 0 Å². The molecule has 0 saturated heterocycles. The Labute approximate surface area is 232 Å². The fourth-order valence-corrected chi connectivity index (χ4v) is 17.9. The maximum absolute atomic E-state index is 6.64. The quantitative estimate of drug-likeness (QED) is 0.0569. The zero-order valence-electron chi connectivity index (χ0n) is 26.2. The summed E-state index contributed by atoms with van der Waals surface area (Å²) in [5, 5.41) is 0. The van der Waals surface area contributed by atoms with Crippen molar-refractivity contribution in [1.82, 2.24) is 0 Å². The normalized spacial score (nSPS) is 12.9. The van der Waals surface area contributed by atoms with Crippen LogP contribution >= 0.6 is 0 Å². The van der Waals surface area contributed by atoms with E-state index in [1.807, 2.05) is 0 Å². The van der Waals surface area contributed by atoms with Crippen molar-refractivity contribution in [2.24, 2.45) is 0 Å². The Hall–Kier alpha value is 0.311. The molecule has 0 rings (SSSR count). The van der Waals surface area contributed by atoms with E-state index >= 15 is 0 Å². The molecule has 0 spiro atoms. The molecule has 5 heteroatoms. The van der Waals surface area contributed by atoms with Crippen molar-refractivity contribution < 1.29 is 8.23 Å². The van der Waals surface area contributed by atoms with Crippen molar-refractivity contribution in [3.63, 3.8) is 0 Å². The second-order valence-corrected chi connectivity index (χ2v) is 26.3. The molecule has 0 unspecified atom stereocenters. The van der Waals surface area contributed by atoms with Crippen molar-refractivity contribution in [3.05, 3.63) is 12.7 Å². The van der Waals surface area contributed by atoms with Gasteiger partial charge in [-0.3, -0.25) is 0 Å². The standard InChI is InChI=1S/C31H68O2Si3/c1-9-10-11-12-13-14-15-16-17-18-19-20-21-22-23-24-25-26-27-28-29-30-31-36(8,32-34(2,3)4)33-35(5,6)7/h9H,1,10-31H2,2-8H3. The molecule has 216 valence electrons. The van der Waals surface area contributed by atoms with Gasteiger partial charge in [-0.05, 0) is 64.7 Å². The minimum atomic E-state index is -2.02. The van der Waals surface area contributed by atoms with Gasteiger partial charge in [0, 0.05) is 0 Å². The van der Waals surface area contributed by atoms with Gasteiger partial charge in [-0.15, -0.1) is 6.58 Å². The van der Waals surface area contributed by atoms with E-state index in [4.69, 9.17) is 8.23 Å². The van der Waals surface area contributed by atoms with Gasteiger partial charge in [0.05, 0.1) is 0 Å². The van der Waals surface area contributed by atoms with Crippen LogP contribution in [0, 0.1) is 0 Å². The Bertz CT molecular complexity index is 481. The summed E-state index contributed by atoms with van der Waals surface area (Å²) in [6, 6.07) is 1.18. The van der Waals surface area contributed by atoms with E-state index in [1.165, 1.54) is 141 Å².